The highest BCUT2D eigenvalue weighted by atomic mass is 16.2. The van der Waals surface area contributed by atoms with E-state index in [4.69, 9.17) is 0 Å². The van der Waals surface area contributed by atoms with Crippen LogP contribution in [0.2, 0.25) is 0 Å². The van der Waals surface area contributed by atoms with Gasteiger partial charge in [0.25, 0.3) is 0 Å². The van der Waals surface area contributed by atoms with Crippen molar-refractivity contribution in [1.82, 2.24) is 5.32 Å². The van der Waals surface area contributed by atoms with Crippen LogP contribution in [0.5, 0.6) is 0 Å². The van der Waals surface area contributed by atoms with Crippen LogP contribution in [0.15, 0.2) is 47.1 Å². The molecule has 3 aliphatic rings. The molecule has 1 fully saturated rings. The molecule has 0 aromatic heterocycles. The van der Waals surface area contributed by atoms with E-state index in [1.165, 1.54) is 5.57 Å². The Morgan fingerprint density at radius 2 is 2.06 bits per heavy atom. The Hall–Kier alpha value is -1.90. The molecular weight excluding hydrogens is 214 g/mol. The summed E-state index contributed by atoms with van der Waals surface area (Å²) in [6.45, 7) is 0. The van der Waals surface area contributed by atoms with E-state index in [0.717, 1.165) is 24.0 Å². The molecule has 86 valence electrons. The molecule has 1 atom stereocenters. The van der Waals surface area contributed by atoms with E-state index in [0.29, 0.717) is 6.42 Å². The van der Waals surface area contributed by atoms with Crippen LogP contribution in [0.4, 0.5) is 0 Å². The van der Waals surface area contributed by atoms with Crippen LogP contribution in [-0.2, 0) is 9.59 Å². The molecule has 2 amide bonds. The maximum Gasteiger partial charge on any atom is 0.234 e. The molecule has 1 saturated heterocycles. The van der Waals surface area contributed by atoms with Crippen molar-refractivity contribution in [2.75, 3.05) is 0 Å². The van der Waals surface area contributed by atoms with Crippen LogP contribution >= 0.6 is 0 Å². The fraction of sp³-hybridized carbons (Fsp3) is 0.286. The van der Waals surface area contributed by atoms with Gasteiger partial charge in [-0.05, 0) is 29.6 Å². The Morgan fingerprint density at radius 1 is 1.18 bits per heavy atom. The molecule has 0 spiro atoms. The molecule has 0 saturated carbocycles. The van der Waals surface area contributed by atoms with Crippen molar-refractivity contribution >= 4 is 11.8 Å². The van der Waals surface area contributed by atoms with Gasteiger partial charge in [0, 0.05) is 6.42 Å². The van der Waals surface area contributed by atoms with Gasteiger partial charge in [-0.1, -0.05) is 30.4 Å². The molecule has 0 aromatic carbocycles. The Labute approximate surface area is 99.6 Å². The smallest absolute Gasteiger partial charge is 0.234 e. The van der Waals surface area contributed by atoms with Crippen molar-refractivity contribution in [3.63, 3.8) is 0 Å². The van der Waals surface area contributed by atoms with Gasteiger partial charge >= 0.3 is 0 Å². The molecule has 0 aromatic rings. The van der Waals surface area contributed by atoms with E-state index in [1.807, 2.05) is 30.4 Å². The number of fused-ring (bicyclic) bond motifs is 1. The van der Waals surface area contributed by atoms with Gasteiger partial charge in [0.05, 0.1) is 5.92 Å². The van der Waals surface area contributed by atoms with Crippen molar-refractivity contribution in [3.05, 3.63) is 47.1 Å². The third-order valence-electron chi connectivity index (χ3n) is 3.45. The first-order chi connectivity index (χ1) is 8.25. The lowest BCUT2D eigenvalue weighted by Gasteiger charge is -2.15. The van der Waals surface area contributed by atoms with E-state index in [1.54, 1.807) is 0 Å². The summed E-state index contributed by atoms with van der Waals surface area (Å²) in [5.41, 5.74) is 3.36. The third-order valence-corrected chi connectivity index (χ3v) is 3.45. The third kappa shape index (κ3) is 1.68. The number of amides is 2. The first kappa shape index (κ1) is 10.3. The molecule has 3 rings (SSSR count). The summed E-state index contributed by atoms with van der Waals surface area (Å²) >= 11 is 0. The summed E-state index contributed by atoms with van der Waals surface area (Å²) in [6, 6.07) is 0. The Morgan fingerprint density at radius 3 is 2.94 bits per heavy atom. The van der Waals surface area contributed by atoms with Crippen LogP contribution in [0, 0.1) is 5.92 Å². The fourth-order valence-corrected chi connectivity index (χ4v) is 2.60. The molecule has 17 heavy (non-hydrogen) atoms. The normalized spacial score (nSPS) is 27.1. The highest BCUT2D eigenvalue weighted by Crippen LogP contribution is 2.37. The number of carbonyl (C=O) groups excluding carboxylic acids is 2. The van der Waals surface area contributed by atoms with Crippen molar-refractivity contribution < 1.29 is 9.59 Å². The maximum absolute atomic E-state index is 12.0. The molecule has 1 aliphatic heterocycles. The van der Waals surface area contributed by atoms with Gasteiger partial charge in [0.2, 0.25) is 11.8 Å². The first-order valence-electron chi connectivity index (χ1n) is 5.90. The topological polar surface area (TPSA) is 46.2 Å². The van der Waals surface area contributed by atoms with Crippen LogP contribution in [0.3, 0.4) is 0 Å². The van der Waals surface area contributed by atoms with Gasteiger partial charge in [-0.25, -0.2) is 0 Å². The van der Waals surface area contributed by atoms with Gasteiger partial charge in [-0.2, -0.15) is 0 Å². The Balaban J connectivity index is 1.86. The fourth-order valence-electron chi connectivity index (χ4n) is 2.60. The number of allylic oxidation sites excluding steroid dienone is 7. The molecule has 2 aliphatic carbocycles. The quantitative estimate of drug-likeness (QED) is 0.694. The predicted octanol–water partition coefficient (Wildman–Crippen LogP) is 1.79. The van der Waals surface area contributed by atoms with Crippen molar-refractivity contribution in [2.24, 2.45) is 5.92 Å². The van der Waals surface area contributed by atoms with Crippen molar-refractivity contribution in [1.29, 1.82) is 0 Å². The lowest BCUT2D eigenvalue weighted by Crippen LogP contribution is -2.33. The largest absolute Gasteiger partial charge is 0.296 e. The van der Waals surface area contributed by atoms with Crippen molar-refractivity contribution in [2.45, 2.75) is 19.3 Å². The lowest BCUT2D eigenvalue weighted by atomic mass is 9.89. The average Bonchev–Trinajstić information content (AvgIpc) is 2.83. The van der Waals surface area contributed by atoms with E-state index in [-0.39, 0.29) is 17.7 Å². The SMILES string of the molecule is O=C1CCCC(C2=CC=C3C=CC=C32)C(=O)N1. The Kier molecular flexibility index (Phi) is 2.32. The molecular formula is C14H13NO2. The number of carbonyl (C=O) groups is 2. The van der Waals surface area contributed by atoms with Crippen LogP contribution < -0.4 is 5.32 Å². The standard InChI is InChI=1S/C14H13NO2/c16-13-6-2-5-12(14(17)15-13)11-8-7-9-3-1-4-10(9)11/h1,3-4,7-8,12H,2,5-6H2,(H,15,16,17). The zero-order chi connectivity index (χ0) is 11.8. The number of imide groups is 1. The monoisotopic (exact) mass is 227 g/mol. The van der Waals surface area contributed by atoms with Gasteiger partial charge in [-0.15, -0.1) is 0 Å². The van der Waals surface area contributed by atoms with Crippen LogP contribution in [0.25, 0.3) is 0 Å². The number of hydrogen-bond acceptors (Lipinski definition) is 2. The number of nitrogens with one attached hydrogen (secondary N) is 1. The molecule has 1 N–H and O–H groups in total. The maximum atomic E-state index is 12.0. The average molecular weight is 227 g/mol. The lowest BCUT2D eigenvalue weighted by molar-refractivity contribution is -0.130. The summed E-state index contributed by atoms with van der Waals surface area (Å²) < 4.78 is 0. The molecule has 3 heteroatoms. The minimum Gasteiger partial charge on any atom is -0.296 e. The van der Waals surface area contributed by atoms with Crippen molar-refractivity contribution in [3.8, 4) is 0 Å². The second-order valence-electron chi connectivity index (χ2n) is 4.54. The summed E-state index contributed by atoms with van der Waals surface area (Å²) in [5.74, 6) is -0.481. The predicted molar refractivity (Wildman–Crippen MR) is 63.9 cm³/mol. The molecule has 0 radical (unpaired) electrons. The van der Waals surface area contributed by atoms with E-state index in [2.05, 4.69) is 5.32 Å². The van der Waals surface area contributed by atoms with Gasteiger partial charge in [0.1, 0.15) is 0 Å². The summed E-state index contributed by atoms with van der Waals surface area (Å²) in [7, 11) is 0. The minimum atomic E-state index is -0.179. The highest BCUT2D eigenvalue weighted by molar-refractivity contribution is 5.99. The van der Waals surface area contributed by atoms with Crippen LogP contribution in [0.1, 0.15) is 19.3 Å². The Bertz CT molecular complexity index is 520. The van der Waals surface area contributed by atoms with Gasteiger partial charge in [-0.3, -0.25) is 14.9 Å². The zero-order valence-corrected chi connectivity index (χ0v) is 9.40. The van der Waals surface area contributed by atoms with Gasteiger partial charge in [0.15, 0.2) is 0 Å². The first-order valence-corrected chi connectivity index (χ1v) is 5.90. The van der Waals surface area contributed by atoms with E-state index >= 15 is 0 Å². The second-order valence-corrected chi connectivity index (χ2v) is 4.54. The number of hydrogen-bond donors (Lipinski definition) is 1. The molecule has 3 nitrogen and oxygen atoms in total. The van der Waals surface area contributed by atoms with Crippen LogP contribution in [-0.4, -0.2) is 11.8 Å². The zero-order valence-electron chi connectivity index (χ0n) is 9.40. The summed E-state index contributed by atoms with van der Waals surface area (Å²) in [5, 5.41) is 2.46. The molecule has 0 bridgehead atoms. The van der Waals surface area contributed by atoms with E-state index in [9.17, 15) is 9.59 Å². The van der Waals surface area contributed by atoms with E-state index < -0.39 is 0 Å². The number of rotatable bonds is 1. The summed E-state index contributed by atoms with van der Waals surface area (Å²) in [4.78, 5) is 23.2. The second kappa shape index (κ2) is 3.84. The molecule has 1 heterocycles. The van der Waals surface area contributed by atoms with Gasteiger partial charge < -0.3 is 0 Å². The highest BCUT2D eigenvalue weighted by Gasteiger charge is 2.31. The molecule has 1 unspecified atom stereocenters. The summed E-state index contributed by atoms with van der Waals surface area (Å²) in [6.07, 6.45) is 12.1. The minimum absolute atomic E-state index is 0.150.